The lowest BCUT2D eigenvalue weighted by molar-refractivity contribution is -0.119. The highest BCUT2D eigenvalue weighted by Gasteiger charge is 2.24. The minimum atomic E-state index is -4.02. The van der Waals surface area contributed by atoms with Crippen LogP contribution in [-0.4, -0.2) is 37.4 Å². The first kappa shape index (κ1) is 27.3. The van der Waals surface area contributed by atoms with Crippen LogP contribution in [0.2, 0.25) is 0 Å². The Morgan fingerprint density at radius 1 is 0.897 bits per heavy atom. The zero-order chi connectivity index (χ0) is 28.3. The van der Waals surface area contributed by atoms with Crippen molar-refractivity contribution in [1.29, 1.82) is 0 Å². The number of pyridine rings is 1. The van der Waals surface area contributed by atoms with Gasteiger partial charge in [0.15, 0.2) is 6.61 Å². The highest BCUT2D eigenvalue weighted by molar-refractivity contribution is 7.90. The predicted octanol–water partition coefficient (Wildman–Crippen LogP) is 3.13. The van der Waals surface area contributed by atoms with Crippen LogP contribution in [0.4, 0.5) is 5.69 Å². The first-order chi connectivity index (χ1) is 18.5. The molecular formula is C28H25N3O7S. The fraction of sp³-hybridized carbons (Fsp3) is 0.143. The number of nitrogens with one attached hydrogen (secondary N) is 2. The van der Waals surface area contributed by atoms with E-state index in [1.165, 1.54) is 35.9 Å². The molecule has 4 rings (SSSR count). The number of nitrogens with zero attached hydrogens (tertiary/aromatic N) is 1. The Morgan fingerprint density at radius 3 is 2.13 bits per heavy atom. The van der Waals surface area contributed by atoms with Gasteiger partial charge >= 0.3 is 5.97 Å². The second-order valence-corrected chi connectivity index (χ2v) is 10.5. The first-order valence-corrected chi connectivity index (χ1v) is 13.3. The number of aryl methyl sites for hydroxylation is 1. The van der Waals surface area contributed by atoms with Crippen LogP contribution >= 0.6 is 0 Å². The zero-order valence-corrected chi connectivity index (χ0v) is 22.2. The number of fused-ring (bicyclic) bond motifs is 1. The van der Waals surface area contributed by atoms with Gasteiger partial charge in [0.1, 0.15) is 5.69 Å². The van der Waals surface area contributed by atoms with Gasteiger partial charge in [0.2, 0.25) is 5.91 Å². The number of rotatable bonds is 7. The molecule has 1 heterocycles. The molecule has 0 atom stereocenters. The molecule has 0 bridgehead atoms. The van der Waals surface area contributed by atoms with E-state index >= 15 is 0 Å². The molecule has 0 aliphatic carbocycles. The van der Waals surface area contributed by atoms with E-state index < -0.39 is 34.4 Å². The lowest BCUT2D eigenvalue weighted by Gasteiger charge is -2.17. The van der Waals surface area contributed by atoms with Crippen LogP contribution in [0.1, 0.15) is 23.0 Å². The van der Waals surface area contributed by atoms with Crippen LogP contribution in [0.15, 0.2) is 82.5 Å². The number of aromatic nitrogens is 1. The van der Waals surface area contributed by atoms with Crippen molar-refractivity contribution in [1.82, 2.24) is 9.29 Å². The highest BCUT2D eigenvalue weighted by Crippen LogP contribution is 2.31. The summed E-state index contributed by atoms with van der Waals surface area (Å²) < 4.78 is 32.5. The Morgan fingerprint density at radius 2 is 1.51 bits per heavy atom. The fourth-order valence-corrected chi connectivity index (χ4v) is 5.07. The van der Waals surface area contributed by atoms with Crippen molar-refractivity contribution >= 4 is 44.3 Å². The Labute approximate surface area is 224 Å². The van der Waals surface area contributed by atoms with Crippen LogP contribution in [0.3, 0.4) is 0 Å². The summed E-state index contributed by atoms with van der Waals surface area (Å²) in [5, 5.41) is 3.53. The summed E-state index contributed by atoms with van der Waals surface area (Å²) in [6, 6.07) is 19.5. The minimum Gasteiger partial charge on any atom is -0.451 e. The molecule has 200 valence electrons. The maximum Gasteiger partial charge on any atom is 0.356 e. The van der Waals surface area contributed by atoms with Gasteiger partial charge < -0.3 is 14.6 Å². The highest BCUT2D eigenvalue weighted by atomic mass is 32.2. The lowest BCUT2D eigenvalue weighted by atomic mass is 9.96. The molecule has 0 unspecified atom stereocenters. The number of ether oxygens (including phenoxy) is 1. The Bertz CT molecular complexity index is 1760. The number of carbonyl (C=O) groups excluding carboxylic acids is 3. The summed E-state index contributed by atoms with van der Waals surface area (Å²) in [5.41, 5.74) is 2.10. The Balaban J connectivity index is 1.57. The van der Waals surface area contributed by atoms with Crippen molar-refractivity contribution in [2.45, 2.75) is 18.7 Å². The summed E-state index contributed by atoms with van der Waals surface area (Å²) in [5.74, 6) is -2.27. The van der Waals surface area contributed by atoms with Crippen LogP contribution in [0, 0.1) is 6.92 Å². The third-order valence-corrected chi connectivity index (χ3v) is 7.35. The first-order valence-electron chi connectivity index (χ1n) is 11.8. The summed E-state index contributed by atoms with van der Waals surface area (Å²) in [6.07, 6.45) is 0. The smallest absolute Gasteiger partial charge is 0.356 e. The molecule has 2 N–H and O–H groups in total. The topological polar surface area (TPSA) is 141 Å². The van der Waals surface area contributed by atoms with Gasteiger partial charge in [-0.3, -0.25) is 14.4 Å². The number of esters is 1. The Kier molecular flexibility index (Phi) is 7.63. The molecule has 11 heteroatoms. The van der Waals surface area contributed by atoms with Gasteiger partial charge in [-0.05, 0) is 48.2 Å². The summed E-state index contributed by atoms with van der Waals surface area (Å²) in [7, 11) is -2.55. The van der Waals surface area contributed by atoms with Crippen molar-refractivity contribution in [2.75, 3.05) is 11.9 Å². The monoisotopic (exact) mass is 547 g/mol. The molecule has 0 fully saturated rings. The lowest BCUT2D eigenvalue weighted by Crippen LogP contribution is -2.28. The zero-order valence-electron chi connectivity index (χ0n) is 21.3. The molecule has 0 aliphatic rings. The van der Waals surface area contributed by atoms with Crippen LogP contribution in [0.25, 0.3) is 21.9 Å². The third-order valence-electron chi connectivity index (χ3n) is 5.90. The van der Waals surface area contributed by atoms with E-state index in [4.69, 9.17) is 4.74 Å². The van der Waals surface area contributed by atoms with Crippen molar-refractivity contribution in [3.05, 3.63) is 94.4 Å². The van der Waals surface area contributed by atoms with E-state index in [0.29, 0.717) is 21.9 Å². The van der Waals surface area contributed by atoms with Gasteiger partial charge in [0.25, 0.3) is 21.5 Å². The molecule has 39 heavy (non-hydrogen) atoms. The number of anilines is 1. The predicted molar refractivity (Wildman–Crippen MR) is 146 cm³/mol. The molecule has 10 nitrogen and oxygen atoms in total. The SMILES string of the molecule is CC(=O)NS(=O)(=O)c1ccc(NC(=O)COC(=O)c2c(-c3ccc(C)cc3)c3ccccc3c(=O)n2C)cc1. The van der Waals surface area contributed by atoms with Crippen LogP contribution in [0.5, 0.6) is 0 Å². The van der Waals surface area contributed by atoms with Crippen molar-refractivity contribution in [2.24, 2.45) is 7.05 Å². The van der Waals surface area contributed by atoms with Gasteiger partial charge in [-0.2, -0.15) is 0 Å². The molecule has 1 aromatic heterocycles. The molecule has 0 aliphatic heterocycles. The minimum absolute atomic E-state index is 0.00267. The van der Waals surface area contributed by atoms with Gasteiger partial charge in [0, 0.05) is 30.6 Å². The molecule has 0 saturated carbocycles. The molecule has 4 aromatic rings. The molecule has 2 amide bonds. The Hall–Kier alpha value is -4.77. The molecule has 3 aromatic carbocycles. The maximum atomic E-state index is 13.3. The average molecular weight is 548 g/mol. The number of benzene rings is 3. The van der Waals surface area contributed by atoms with E-state index in [0.717, 1.165) is 12.5 Å². The molecular weight excluding hydrogens is 522 g/mol. The van der Waals surface area contributed by atoms with Crippen LogP contribution in [-0.2, 0) is 31.4 Å². The third kappa shape index (κ3) is 5.88. The maximum absolute atomic E-state index is 13.3. The average Bonchev–Trinajstić information content (AvgIpc) is 2.89. The van der Waals surface area contributed by atoms with Crippen molar-refractivity contribution < 1.29 is 27.5 Å². The number of amides is 2. The molecule has 0 saturated heterocycles. The normalized spacial score (nSPS) is 11.2. The van der Waals surface area contributed by atoms with Gasteiger partial charge in [-0.15, -0.1) is 0 Å². The van der Waals surface area contributed by atoms with Gasteiger partial charge in [-0.25, -0.2) is 17.9 Å². The standard InChI is InChI=1S/C28H25N3O7S/c1-17-8-10-19(11-9-17)25-22-6-4-5-7-23(22)27(34)31(3)26(25)28(35)38-16-24(33)29-20-12-14-21(15-13-20)39(36,37)30-18(2)32/h4-15H,16H2,1-3H3,(H,29,33)(H,30,32). The summed E-state index contributed by atoms with van der Waals surface area (Å²) >= 11 is 0. The number of sulfonamides is 1. The van der Waals surface area contributed by atoms with E-state index in [1.54, 1.807) is 24.3 Å². The largest absolute Gasteiger partial charge is 0.451 e. The van der Waals surface area contributed by atoms with E-state index in [-0.39, 0.29) is 21.8 Å². The summed E-state index contributed by atoms with van der Waals surface area (Å²) in [6.45, 7) is 2.36. The van der Waals surface area contributed by atoms with Crippen LogP contribution < -0.4 is 15.6 Å². The fourth-order valence-electron chi connectivity index (χ4n) is 4.08. The molecule has 0 radical (unpaired) electrons. The van der Waals surface area contributed by atoms with Crippen molar-refractivity contribution in [3.8, 4) is 11.1 Å². The second kappa shape index (κ2) is 10.9. The quantitative estimate of drug-likeness (QED) is 0.339. The van der Waals surface area contributed by atoms with Gasteiger partial charge in [-0.1, -0.05) is 48.0 Å². The van der Waals surface area contributed by atoms with E-state index in [2.05, 4.69) is 5.32 Å². The van der Waals surface area contributed by atoms with E-state index in [1.807, 2.05) is 35.9 Å². The number of carbonyl (C=O) groups is 3. The number of hydrogen-bond acceptors (Lipinski definition) is 7. The van der Waals surface area contributed by atoms with Gasteiger partial charge in [0.05, 0.1) is 4.90 Å². The number of hydrogen-bond donors (Lipinski definition) is 2. The molecule has 0 spiro atoms. The van der Waals surface area contributed by atoms with E-state index in [9.17, 15) is 27.6 Å². The summed E-state index contributed by atoms with van der Waals surface area (Å²) in [4.78, 5) is 49.7. The second-order valence-electron chi connectivity index (χ2n) is 8.81. The van der Waals surface area contributed by atoms with Crippen molar-refractivity contribution in [3.63, 3.8) is 0 Å².